The Morgan fingerprint density at radius 1 is 1.11 bits per heavy atom. The summed E-state index contributed by atoms with van der Waals surface area (Å²) in [6, 6.07) is 8.12. The zero-order valence-electron chi connectivity index (χ0n) is 20.1. The molecule has 1 fully saturated rings. The number of benzene rings is 2. The number of hydrogen-bond acceptors (Lipinski definition) is 9. The number of aliphatic hydroxyl groups is 2. The zero-order valence-corrected chi connectivity index (χ0v) is 20.1. The lowest BCUT2D eigenvalue weighted by atomic mass is 10.0. The molecule has 3 heterocycles. The summed E-state index contributed by atoms with van der Waals surface area (Å²) in [6.45, 7) is 1.77. The molecule has 1 amide bonds. The second-order valence-electron chi connectivity index (χ2n) is 8.79. The number of aromatic nitrogens is 4. The summed E-state index contributed by atoms with van der Waals surface area (Å²) in [5.41, 5.74) is 2.46. The van der Waals surface area contributed by atoms with Crippen molar-refractivity contribution >= 4 is 17.1 Å². The van der Waals surface area contributed by atoms with Gasteiger partial charge in [-0.1, -0.05) is 24.3 Å². The Labute approximate surface area is 215 Å². The average Bonchev–Trinajstić information content (AvgIpc) is 3.45. The first-order chi connectivity index (χ1) is 18.2. The smallest absolute Gasteiger partial charge is 0.255 e. The number of halogens is 1. The molecule has 4 aromatic rings. The molecule has 2 aromatic carbocycles. The SMILES string of the molecule is Cc1ncnc2c1ncn2[C@@H]1O[C@H](/C=C/CNC(=O)c2cc(-c3ccc(F)cc3)cc(O)c2O)[C@@H](O)[C@H]1O. The summed E-state index contributed by atoms with van der Waals surface area (Å²) in [7, 11) is 0. The minimum Gasteiger partial charge on any atom is -0.504 e. The third-order valence-electron chi connectivity index (χ3n) is 6.31. The molecule has 5 N–H and O–H groups in total. The highest BCUT2D eigenvalue weighted by Gasteiger charge is 2.43. The van der Waals surface area contributed by atoms with Crippen LogP contribution in [-0.4, -0.2) is 70.7 Å². The third-order valence-corrected chi connectivity index (χ3v) is 6.31. The number of phenolic OH excluding ortho intramolecular Hbond substituents is 2. The van der Waals surface area contributed by atoms with E-state index in [2.05, 4.69) is 20.3 Å². The Morgan fingerprint density at radius 3 is 2.63 bits per heavy atom. The predicted octanol–water partition coefficient (Wildman–Crippen LogP) is 1.96. The lowest BCUT2D eigenvalue weighted by Crippen LogP contribution is -2.31. The molecule has 196 valence electrons. The molecule has 0 saturated carbocycles. The van der Waals surface area contributed by atoms with Crippen molar-refractivity contribution in [3.05, 3.63) is 78.3 Å². The summed E-state index contributed by atoms with van der Waals surface area (Å²) in [5, 5.41) is 44.0. The van der Waals surface area contributed by atoms with Crippen molar-refractivity contribution in [2.45, 2.75) is 31.5 Å². The van der Waals surface area contributed by atoms with E-state index in [4.69, 9.17) is 4.74 Å². The van der Waals surface area contributed by atoms with E-state index >= 15 is 0 Å². The van der Waals surface area contributed by atoms with Crippen LogP contribution in [0.4, 0.5) is 4.39 Å². The average molecular weight is 522 g/mol. The predicted molar refractivity (Wildman–Crippen MR) is 133 cm³/mol. The number of rotatable bonds is 6. The van der Waals surface area contributed by atoms with Gasteiger partial charge in [-0.25, -0.2) is 19.3 Å². The minimum absolute atomic E-state index is 0.00637. The van der Waals surface area contributed by atoms with Gasteiger partial charge in [-0.05, 0) is 42.3 Å². The molecule has 12 heteroatoms. The van der Waals surface area contributed by atoms with E-state index < -0.39 is 47.8 Å². The topological polar surface area (TPSA) is 163 Å². The molecule has 4 atom stereocenters. The summed E-state index contributed by atoms with van der Waals surface area (Å²) in [6.07, 6.45) is 1.53. The number of imidazole rings is 1. The second-order valence-corrected chi connectivity index (χ2v) is 8.79. The van der Waals surface area contributed by atoms with Gasteiger partial charge in [0.05, 0.1) is 17.6 Å². The van der Waals surface area contributed by atoms with Gasteiger partial charge in [-0.3, -0.25) is 9.36 Å². The highest BCUT2D eigenvalue weighted by molar-refractivity contribution is 5.99. The number of ether oxygens (including phenoxy) is 1. The van der Waals surface area contributed by atoms with Crippen LogP contribution in [0, 0.1) is 12.7 Å². The van der Waals surface area contributed by atoms with Gasteiger partial charge >= 0.3 is 0 Å². The van der Waals surface area contributed by atoms with Crippen LogP contribution < -0.4 is 5.32 Å². The maximum atomic E-state index is 13.2. The van der Waals surface area contributed by atoms with Crippen LogP contribution in [0.1, 0.15) is 22.3 Å². The van der Waals surface area contributed by atoms with Gasteiger partial charge in [0.2, 0.25) is 0 Å². The number of hydrogen-bond donors (Lipinski definition) is 5. The maximum absolute atomic E-state index is 13.2. The molecule has 38 heavy (non-hydrogen) atoms. The van der Waals surface area contributed by atoms with E-state index in [0.717, 1.165) is 0 Å². The zero-order chi connectivity index (χ0) is 27.0. The van der Waals surface area contributed by atoms with Crippen LogP contribution in [0.3, 0.4) is 0 Å². The number of amides is 1. The fourth-order valence-corrected chi connectivity index (χ4v) is 4.28. The number of fused-ring (bicyclic) bond motifs is 1. The summed E-state index contributed by atoms with van der Waals surface area (Å²) in [5.74, 6) is -2.19. The lowest BCUT2D eigenvalue weighted by molar-refractivity contribution is -0.0245. The molecule has 2 aromatic heterocycles. The van der Waals surface area contributed by atoms with Crippen molar-refractivity contribution in [3.8, 4) is 22.6 Å². The van der Waals surface area contributed by atoms with Gasteiger partial charge < -0.3 is 30.5 Å². The minimum atomic E-state index is -1.26. The first-order valence-electron chi connectivity index (χ1n) is 11.7. The van der Waals surface area contributed by atoms with Gasteiger partial charge in [0.25, 0.3) is 5.91 Å². The molecule has 0 unspecified atom stereocenters. The first kappa shape index (κ1) is 25.3. The molecule has 0 aliphatic carbocycles. The molecule has 11 nitrogen and oxygen atoms in total. The lowest BCUT2D eigenvalue weighted by Gasteiger charge is -2.16. The number of phenols is 2. The van der Waals surface area contributed by atoms with Gasteiger partial charge in [-0.15, -0.1) is 0 Å². The summed E-state index contributed by atoms with van der Waals surface area (Å²) < 4.78 is 20.6. The van der Waals surface area contributed by atoms with Crippen LogP contribution in [0.5, 0.6) is 11.5 Å². The molecular weight excluding hydrogens is 497 g/mol. The Balaban J connectivity index is 1.25. The van der Waals surface area contributed by atoms with E-state index in [9.17, 15) is 29.6 Å². The normalized spacial score (nSPS) is 21.4. The Morgan fingerprint density at radius 2 is 1.87 bits per heavy atom. The second kappa shape index (κ2) is 10.2. The van der Waals surface area contributed by atoms with Crippen LogP contribution in [0.25, 0.3) is 22.3 Å². The van der Waals surface area contributed by atoms with E-state index in [-0.39, 0.29) is 12.1 Å². The highest BCUT2D eigenvalue weighted by Crippen LogP contribution is 2.35. The first-order valence-corrected chi connectivity index (χ1v) is 11.7. The summed E-state index contributed by atoms with van der Waals surface area (Å²) in [4.78, 5) is 25.2. The number of carbonyl (C=O) groups is 1. The standard InChI is InChI=1S/C26H24FN5O6/c1-13-20-24(30-11-29-13)32(12-31-20)26-23(36)22(35)19(38-26)3-2-8-28-25(37)17-9-15(10-18(33)21(17)34)14-4-6-16(27)7-5-14/h2-7,9-12,19,22-23,26,33-36H,8H2,1H3,(H,28,37)/b3-2+/t19-,22-,23-,26-/m1/s1. The molecular formula is C26H24FN5O6. The molecule has 0 radical (unpaired) electrons. The third kappa shape index (κ3) is 4.67. The molecule has 1 aliphatic heterocycles. The van der Waals surface area contributed by atoms with Crippen molar-refractivity contribution in [1.29, 1.82) is 0 Å². The molecule has 1 aliphatic rings. The van der Waals surface area contributed by atoms with E-state index in [1.165, 1.54) is 65.8 Å². The van der Waals surface area contributed by atoms with Crippen molar-refractivity contribution in [3.63, 3.8) is 0 Å². The van der Waals surface area contributed by atoms with Crippen molar-refractivity contribution < 1.29 is 34.3 Å². The number of aryl methyl sites for hydroxylation is 1. The number of carbonyl (C=O) groups excluding carboxylic acids is 1. The molecule has 0 spiro atoms. The monoisotopic (exact) mass is 521 g/mol. The van der Waals surface area contributed by atoms with Crippen molar-refractivity contribution in [1.82, 2.24) is 24.8 Å². The van der Waals surface area contributed by atoms with Crippen LogP contribution in [0.2, 0.25) is 0 Å². The van der Waals surface area contributed by atoms with Crippen LogP contribution in [0.15, 0.2) is 61.2 Å². The Hall–Kier alpha value is -4.39. The fourth-order valence-electron chi connectivity index (χ4n) is 4.28. The van der Waals surface area contributed by atoms with Gasteiger partial charge in [-0.2, -0.15) is 0 Å². The van der Waals surface area contributed by atoms with Gasteiger partial charge in [0.1, 0.15) is 36.0 Å². The number of aromatic hydroxyl groups is 2. The Kier molecular flexibility index (Phi) is 6.76. The van der Waals surface area contributed by atoms with Crippen LogP contribution in [-0.2, 0) is 4.74 Å². The van der Waals surface area contributed by atoms with E-state index in [1.807, 2.05) is 0 Å². The molecule has 1 saturated heterocycles. The summed E-state index contributed by atoms with van der Waals surface area (Å²) >= 11 is 0. The molecule has 5 rings (SSSR count). The Bertz CT molecular complexity index is 1520. The van der Waals surface area contributed by atoms with E-state index in [1.54, 1.807) is 6.92 Å². The van der Waals surface area contributed by atoms with Gasteiger partial charge in [0, 0.05) is 6.54 Å². The number of aliphatic hydroxyl groups excluding tert-OH is 2. The quantitative estimate of drug-likeness (QED) is 0.189. The van der Waals surface area contributed by atoms with Gasteiger partial charge in [0.15, 0.2) is 23.4 Å². The number of nitrogens with zero attached hydrogens (tertiary/aromatic N) is 4. The maximum Gasteiger partial charge on any atom is 0.255 e. The highest BCUT2D eigenvalue weighted by atomic mass is 19.1. The van der Waals surface area contributed by atoms with Crippen molar-refractivity contribution in [2.24, 2.45) is 0 Å². The van der Waals surface area contributed by atoms with Crippen molar-refractivity contribution in [2.75, 3.05) is 6.54 Å². The molecule has 0 bridgehead atoms. The number of nitrogens with one attached hydrogen (secondary N) is 1. The van der Waals surface area contributed by atoms with E-state index in [0.29, 0.717) is 28.0 Å². The largest absolute Gasteiger partial charge is 0.504 e. The van der Waals surface area contributed by atoms with Crippen LogP contribution >= 0.6 is 0 Å². The fraction of sp³-hybridized carbons (Fsp3) is 0.231.